The minimum Gasteiger partial charge on any atom is -0.476 e. The fourth-order valence-electron chi connectivity index (χ4n) is 3.86. The molecule has 10 heteroatoms. The average molecular weight is 492 g/mol. The number of thiophene rings is 1. The Morgan fingerprint density at radius 2 is 1.97 bits per heavy atom. The predicted octanol–water partition coefficient (Wildman–Crippen LogP) is 4.29. The van der Waals surface area contributed by atoms with Gasteiger partial charge in [0.1, 0.15) is 5.75 Å². The van der Waals surface area contributed by atoms with Crippen LogP contribution < -0.4 is 15.4 Å². The molecule has 35 heavy (non-hydrogen) atoms. The van der Waals surface area contributed by atoms with Crippen LogP contribution in [0.2, 0.25) is 0 Å². The van der Waals surface area contributed by atoms with Crippen molar-refractivity contribution in [1.29, 1.82) is 0 Å². The van der Waals surface area contributed by atoms with Crippen LogP contribution in [0.1, 0.15) is 37.4 Å². The van der Waals surface area contributed by atoms with Crippen LogP contribution in [0.25, 0.3) is 21.5 Å². The number of rotatable bonds is 5. The molecule has 0 saturated carbocycles. The van der Waals surface area contributed by atoms with E-state index in [0.29, 0.717) is 33.3 Å². The monoisotopic (exact) mass is 491 g/mol. The summed E-state index contributed by atoms with van der Waals surface area (Å²) in [6, 6.07) is 10.9. The first-order valence-electron chi connectivity index (χ1n) is 11.1. The normalized spacial score (nSPS) is 14.8. The Balaban J connectivity index is 1.52. The fraction of sp³-hybridized carbons (Fsp3) is 0.280. The van der Waals surface area contributed by atoms with Gasteiger partial charge in [-0.15, -0.1) is 11.3 Å². The van der Waals surface area contributed by atoms with Crippen molar-refractivity contribution >= 4 is 45.8 Å². The minimum absolute atomic E-state index is 0.181. The molecule has 1 aromatic carbocycles. The Labute approximate surface area is 205 Å². The van der Waals surface area contributed by atoms with E-state index in [1.807, 2.05) is 18.2 Å². The van der Waals surface area contributed by atoms with E-state index in [4.69, 9.17) is 4.74 Å². The lowest BCUT2D eigenvalue weighted by Crippen LogP contribution is -2.45. The number of nitrogens with zero attached hydrogens (tertiary/aromatic N) is 3. The average Bonchev–Trinajstić information content (AvgIpc) is 3.39. The maximum Gasteiger partial charge on any atom is 0.268 e. The number of aliphatic hydroxyl groups is 1. The van der Waals surface area contributed by atoms with Crippen molar-refractivity contribution < 1.29 is 19.4 Å². The molecule has 2 amide bonds. The lowest BCUT2D eigenvalue weighted by atomic mass is 10.1. The van der Waals surface area contributed by atoms with Crippen LogP contribution >= 0.6 is 11.3 Å². The first-order chi connectivity index (χ1) is 16.5. The summed E-state index contributed by atoms with van der Waals surface area (Å²) in [4.78, 5) is 35.6. The van der Waals surface area contributed by atoms with Gasteiger partial charge in [-0.3, -0.25) is 19.9 Å². The molecule has 9 nitrogen and oxygen atoms in total. The topological polar surface area (TPSA) is 118 Å². The second-order valence-electron chi connectivity index (χ2n) is 9.59. The zero-order valence-electron chi connectivity index (χ0n) is 19.7. The van der Waals surface area contributed by atoms with Crippen LogP contribution in [0.4, 0.5) is 11.6 Å². The van der Waals surface area contributed by atoms with E-state index in [1.165, 1.54) is 11.3 Å². The number of hydrogen-bond acceptors (Lipinski definition) is 7. The number of amides is 2. The number of anilines is 2. The highest BCUT2D eigenvalue weighted by Crippen LogP contribution is 2.38. The Morgan fingerprint density at radius 1 is 1.23 bits per heavy atom. The Kier molecular flexibility index (Phi) is 5.37. The third-order valence-corrected chi connectivity index (χ3v) is 6.71. The number of carbonyl (C=O) groups excluding carboxylic acids is 2. The smallest absolute Gasteiger partial charge is 0.268 e. The second-order valence-corrected chi connectivity index (χ2v) is 10.7. The molecule has 4 aromatic rings. The minimum atomic E-state index is -1.07. The number of fused-ring (bicyclic) bond motifs is 2. The molecule has 0 aliphatic carbocycles. The molecule has 3 N–H and O–H groups in total. The number of pyridine rings is 1. The van der Waals surface area contributed by atoms with Crippen LogP contribution in [-0.2, 0) is 11.3 Å². The molecule has 0 unspecified atom stereocenters. The quantitative estimate of drug-likeness (QED) is 0.383. The maximum absolute atomic E-state index is 13.1. The summed E-state index contributed by atoms with van der Waals surface area (Å²) in [5.74, 6) is 0.227. The second kappa shape index (κ2) is 8.17. The third-order valence-electron chi connectivity index (χ3n) is 5.57. The van der Waals surface area contributed by atoms with Gasteiger partial charge in [-0.05, 0) is 63.6 Å². The van der Waals surface area contributed by atoms with Gasteiger partial charge in [-0.1, -0.05) is 0 Å². The number of nitrogens with one attached hydrogen (secondary N) is 2. The van der Waals surface area contributed by atoms with Crippen LogP contribution in [0, 0.1) is 0 Å². The number of carbonyl (C=O) groups is 2. The molecule has 0 fully saturated rings. The first kappa shape index (κ1) is 23.0. The Bertz CT molecular complexity index is 1450. The van der Waals surface area contributed by atoms with Gasteiger partial charge in [0.05, 0.1) is 33.7 Å². The molecule has 0 saturated heterocycles. The van der Waals surface area contributed by atoms with Crippen molar-refractivity contribution in [1.82, 2.24) is 14.5 Å². The van der Waals surface area contributed by atoms with E-state index in [9.17, 15) is 14.7 Å². The molecule has 0 spiro atoms. The van der Waals surface area contributed by atoms with Crippen molar-refractivity contribution in [3.8, 4) is 16.2 Å². The van der Waals surface area contributed by atoms with E-state index in [1.54, 1.807) is 62.9 Å². The third kappa shape index (κ3) is 4.50. The van der Waals surface area contributed by atoms with Crippen LogP contribution in [0.15, 0.2) is 48.8 Å². The van der Waals surface area contributed by atoms with Gasteiger partial charge >= 0.3 is 0 Å². The molecule has 3 aromatic heterocycles. The van der Waals surface area contributed by atoms with Crippen molar-refractivity contribution in [3.63, 3.8) is 0 Å². The number of imidazole rings is 1. The summed E-state index contributed by atoms with van der Waals surface area (Å²) >= 11 is 1.37. The van der Waals surface area contributed by atoms with Gasteiger partial charge < -0.3 is 19.7 Å². The number of aromatic nitrogens is 3. The van der Waals surface area contributed by atoms with E-state index in [2.05, 4.69) is 20.6 Å². The van der Waals surface area contributed by atoms with E-state index in [0.717, 1.165) is 10.4 Å². The number of hydrogen-bond donors (Lipinski definition) is 3. The lowest BCUT2D eigenvalue weighted by molar-refractivity contribution is -0.129. The van der Waals surface area contributed by atoms with Crippen molar-refractivity contribution in [2.75, 3.05) is 10.6 Å². The van der Waals surface area contributed by atoms with Gasteiger partial charge in [0.25, 0.3) is 11.8 Å². The molecule has 0 radical (unpaired) electrons. The Morgan fingerprint density at radius 3 is 2.69 bits per heavy atom. The Hall–Kier alpha value is -3.76. The van der Waals surface area contributed by atoms with E-state index >= 15 is 0 Å². The zero-order valence-corrected chi connectivity index (χ0v) is 20.6. The number of ether oxygens (including phenoxy) is 1. The summed E-state index contributed by atoms with van der Waals surface area (Å²) in [7, 11) is 0. The van der Waals surface area contributed by atoms with Gasteiger partial charge in [-0.25, -0.2) is 4.98 Å². The summed E-state index contributed by atoms with van der Waals surface area (Å²) in [6.45, 7) is 6.93. The molecule has 180 valence electrons. The van der Waals surface area contributed by atoms with Crippen LogP contribution in [0.3, 0.4) is 0 Å². The highest BCUT2D eigenvalue weighted by atomic mass is 32.1. The summed E-state index contributed by atoms with van der Waals surface area (Å²) in [5, 5.41) is 16.3. The number of benzene rings is 1. The largest absolute Gasteiger partial charge is 0.476 e. The van der Waals surface area contributed by atoms with Crippen molar-refractivity contribution in [2.45, 2.75) is 45.4 Å². The van der Waals surface area contributed by atoms with Gasteiger partial charge in [0.15, 0.2) is 5.60 Å². The van der Waals surface area contributed by atoms with Crippen LogP contribution in [-0.4, -0.2) is 42.7 Å². The molecular weight excluding hydrogens is 466 g/mol. The molecule has 0 bridgehead atoms. The molecular formula is C25H25N5O4S. The zero-order chi connectivity index (χ0) is 25.0. The fourth-order valence-corrected chi connectivity index (χ4v) is 4.77. The lowest BCUT2D eigenvalue weighted by Gasteiger charge is -2.31. The first-order valence-corrected chi connectivity index (χ1v) is 11.9. The standard InChI is InChI=1S/C25H25N5O4S/c1-24(2,33)13-30-17-12-18-16(27-22(32)25(3,4)34-18)11-15(17)28-23(30)29-21(31)20-6-5-19(35-20)14-7-9-26-10-8-14/h5-12,33H,13H2,1-4H3,(H,27,32)(H,28,29,31). The maximum atomic E-state index is 13.1. The predicted molar refractivity (Wildman–Crippen MR) is 135 cm³/mol. The van der Waals surface area contributed by atoms with Gasteiger partial charge in [-0.2, -0.15) is 0 Å². The van der Waals surface area contributed by atoms with E-state index < -0.39 is 11.2 Å². The van der Waals surface area contributed by atoms with Crippen molar-refractivity contribution in [3.05, 3.63) is 53.7 Å². The van der Waals surface area contributed by atoms with E-state index in [-0.39, 0.29) is 18.4 Å². The molecule has 1 aliphatic heterocycles. The van der Waals surface area contributed by atoms with Gasteiger partial charge in [0, 0.05) is 23.3 Å². The molecule has 5 rings (SSSR count). The molecule has 0 atom stereocenters. The van der Waals surface area contributed by atoms with Crippen molar-refractivity contribution in [2.24, 2.45) is 0 Å². The molecule has 1 aliphatic rings. The van der Waals surface area contributed by atoms with Crippen LogP contribution in [0.5, 0.6) is 5.75 Å². The highest BCUT2D eigenvalue weighted by molar-refractivity contribution is 7.17. The summed E-state index contributed by atoms with van der Waals surface area (Å²) in [5.41, 5.74) is 0.605. The SMILES string of the molecule is CC(C)(O)Cn1c(NC(=O)c2ccc(-c3ccncc3)s2)nc2cc3c(cc21)OC(C)(C)C(=O)N3. The summed E-state index contributed by atoms with van der Waals surface area (Å²) < 4.78 is 7.67. The highest BCUT2D eigenvalue weighted by Gasteiger charge is 2.36. The summed E-state index contributed by atoms with van der Waals surface area (Å²) in [6.07, 6.45) is 3.42. The van der Waals surface area contributed by atoms with Gasteiger partial charge in [0.2, 0.25) is 5.95 Å². The molecule has 4 heterocycles.